The van der Waals surface area contributed by atoms with Gasteiger partial charge in [0.1, 0.15) is 0 Å². The molecule has 0 saturated carbocycles. The third-order valence-electron chi connectivity index (χ3n) is 4.50. The lowest BCUT2D eigenvalue weighted by atomic mass is 10.1. The van der Waals surface area contributed by atoms with Gasteiger partial charge in [0.2, 0.25) is 5.91 Å². The fraction of sp³-hybridized carbons (Fsp3) is 0.286. The van der Waals surface area contributed by atoms with Gasteiger partial charge < -0.3 is 15.5 Å². The Morgan fingerprint density at radius 3 is 2.41 bits per heavy atom. The van der Waals surface area contributed by atoms with Crippen molar-refractivity contribution in [2.75, 3.05) is 18.0 Å². The van der Waals surface area contributed by atoms with Crippen LogP contribution in [-0.2, 0) is 11.3 Å². The second-order valence-corrected chi connectivity index (χ2v) is 6.44. The zero-order valence-electron chi connectivity index (χ0n) is 15.3. The molecule has 0 unspecified atom stereocenters. The Morgan fingerprint density at radius 1 is 1.00 bits per heavy atom. The maximum Gasteiger partial charge on any atom is 0.251 e. The molecule has 27 heavy (non-hydrogen) atoms. The molecule has 2 aromatic rings. The van der Waals surface area contributed by atoms with Crippen LogP contribution in [0.3, 0.4) is 0 Å². The van der Waals surface area contributed by atoms with Crippen LogP contribution in [0.1, 0.15) is 46.0 Å². The standard InChI is InChI=1S/C21H23N3O3/c1-2-22-20(26)16-10-8-15(9-11-16)14-23-21(27)17-5-3-6-18(13-17)24-12-4-7-19(24)25/h3,5-6,8-11,13H,2,4,7,12,14H2,1H3,(H,22,26)(H,23,27). The Morgan fingerprint density at radius 2 is 1.74 bits per heavy atom. The molecule has 3 rings (SSSR count). The monoisotopic (exact) mass is 365 g/mol. The number of carbonyl (C=O) groups excluding carboxylic acids is 3. The lowest BCUT2D eigenvalue weighted by molar-refractivity contribution is -0.117. The summed E-state index contributed by atoms with van der Waals surface area (Å²) in [4.78, 5) is 37.8. The molecular formula is C21H23N3O3. The molecule has 0 aliphatic carbocycles. The van der Waals surface area contributed by atoms with Crippen molar-refractivity contribution < 1.29 is 14.4 Å². The van der Waals surface area contributed by atoms with Gasteiger partial charge in [0.05, 0.1) is 0 Å². The summed E-state index contributed by atoms with van der Waals surface area (Å²) in [5.41, 5.74) is 2.78. The number of nitrogens with zero attached hydrogens (tertiary/aromatic N) is 1. The van der Waals surface area contributed by atoms with Crippen molar-refractivity contribution in [3.63, 3.8) is 0 Å². The summed E-state index contributed by atoms with van der Waals surface area (Å²) < 4.78 is 0. The van der Waals surface area contributed by atoms with Gasteiger partial charge in [-0.15, -0.1) is 0 Å². The van der Waals surface area contributed by atoms with E-state index in [1.54, 1.807) is 35.2 Å². The van der Waals surface area contributed by atoms with Gasteiger partial charge in [0, 0.05) is 42.9 Å². The summed E-state index contributed by atoms with van der Waals surface area (Å²) in [6.45, 7) is 3.51. The number of anilines is 1. The van der Waals surface area contributed by atoms with Crippen LogP contribution < -0.4 is 15.5 Å². The summed E-state index contributed by atoms with van der Waals surface area (Å²) in [5, 5.41) is 5.62. The van der Waals surface area contributed by atoms with E-state index in [0.717, 1.165) is 17.7 Å². The maximum absolute atomic E-state index is 12.4. The third kappa shape index (κ3) is 4.53. The van der Waals surface area contributed by atoms with E-state index in [1.165, 1.54) is 0 Å². The lowest BCUT2D eigenvalue weighted by Gasteiger charge is -2.16. The molecule has 0 bridgehead atoms. The van der Waals surface area contributed by atoms with Gasteiger partial charge in [-0.3, -0.25) is 14.4 Å². The average Bonchev–Trinajstić information content (AvgIpc) is 3.12. The van der Waals surface area contributed by atoms with Crippen LogP contribution in [0.2, 0.25) is 0 Å². The minimum Gasteiger partial charge on any atom is -0.352 e. The first kappa shape index (κ1) is 18.6. The fourth-order valence-corrected chi connectivity index (χ4v) is 3.06. The molecule has 2 N–H and O–H groups in total. The summed E-state index contributed by atoms with van der Waals surface area (Å²) in [5.74, 6) is -0.211. The van der Waals surface area contributed by atoms with E-state index >= 15 is 0 Å². The zero-order valence-corrected chi connectivity index (χ0v) is 15.3. The van der Waals surface area contributed by atoms with E-state index in [2.05, 4.69) is 10.6 Å². The van der Waals surface area contributed by atoms with Crippen LogP contribution in [0.15, 0.2) is 48.5 Å². The van der Waals surface area contributed by atoms with E-state index < -0.39 is 0 Å². The number of hydrogen-bond donors (Lipinski definition) is 2. The molecule has 6 nitrogen and oxygen atoms in total. The van der Waals surface area contributed by atoms with Gasteiger partial charge in [-0.1, -0.05) is 18.2 Å². The SMILES string of the molecule is CCNC(=O)c1ccc(CNC(=O)c2cccc(N3CCCC3=O)c2)cc1. The van der Waals surface area contributed by atoms with Gasteiger partial charge in [-0.2, -0.15) is 0 Å². The van der Waals surface area contributed by atoms with E-state index in [4.69, 9.17) is 0 Å². The molecule has 1 saturated heterocycles. The molecule has 2 aromatic carbocycles. The minimum atomic E-state index is -0.198. The van der Waals surface area contributed by atoms with Crippen LogP contribution in [0.4, 0.5) is 5.69 Å². The highest BCUT2D eigenvalue weighted by molar-refractivity contribution is 5.99. The van der Waals surface area contributed by atoms with E-state index in [9.17, 15) is 14.4 Å². The molecule has 0 spiro atoms. The summed E-state index contributed by atoms with van der Waals surface area (Å²) >= 11 is 0. The number of amides is 3. The Kier molecular flexibility index (Phi) is 5.86. The number of carbonyl (C=O) groups is 3. The molecule has 1 heterocycles. The quantitative estimate of drug-likeness (QED) is 0.826. The third-order valence-corrected chi connectivity index (χ3v) is 4.50. The highest BCUT2D eigenvalue weighted by atomic mass is 16.2. The zero-order chi connectivity index (χ0) is 19.2. The van der Waals surface area contributed by atoms with Gasteiger partial charge >= 0.3 is 0 Å². The molecule has 6 heteroatoms. The predicted molar refractivity (Wildman–Crippen MR) is 104 cm³/mol. The summed E-state index contributed by atoms with van der Waals surface area (Å²) in [6.07, 6.45) is 1.41. The lowest BCUT2D eigenvalue weighted by Crippen LogP contribution is -2.26. The van der Waals surface area contributed by atoms with Crippen LogP contribution in [0, 0.1) is 0 Å². The molecule has 0 atom stereocenters. The number of nitrogens with one attached hydrogen (secondary N) is 2. The largest absolute Gasteiger partial charge is 0.352 e. The van der Waals surface area contributed by atoms with Crippen molar-refractivity contribution in [3.8, 4) is 0 Å². The maximum atomic E-state index is 12.4. The molecule has 140 valence electrons. The van der Waals surface area contributed by atoms with Crippen molar-refractivity contribution in [2.24, 2.45) is 0 Å². The van der Waals surface area contributed by atoms with Crippen LogP contribution in [0.25, 0.3) is 0 Å². The fourth-order valence-electron chi connectivity index (χ4n) is 3.06. The van der Waals surface area contributed by atoms with Crippen molar-refractivity contribution in [3.05, 3.63) is 65.2 Å². The van der Waals surface area contributed by atoms with E-state index in [0.29, 0.717) is 37.2 Å². The van der Waals surface area contributed by atoms with Crippen molar-refractivity contribution in [1.29, 1.82) is 0 Å². The topological polar surface area (TPSA) is 78.5 Å². The molecule has 1 fully saturated rings. The second kappa shape index (κ2) is 8.49. The first-order chi connectivity index (χ1) is 13.1. The smallest absolute Gasteiger partial charge is 0.251 e. The molecular weight excluding hydrogens is 342 g/mol. The molecule has 1 aliphatic rings. The number of hydrogen-bond acceptors (Lipinski definition) is 3. The van der Waals surface area contributed by atoms with Gasteiger partial charge in [0.15, 0.2) is 0 Å². The van der Waals surface area contributed by atoms with Gasteiger partial charge in [-0.05, 0) is 49.2 Å². The normalized spacial score (nSPS) is 13.5. The molecule has 1 aliphatic heterocycles. The number of rotatable bonds is 6. The second-order valence-electron chi connectivity index (χ2n) is 6.44. The molecule has 0 radical (unpaired) electrons. The summed E-state index contributed by atoms with van der Waals surface area (Å²) in [7, 11) is 0. The molecule has 0 aromatic heterocycles. The van der Waals surface area contributed by atoms with Crippen molar-refractivity contribution >= 4 is 23.4 Å². The van der Waals surface area contributed by atoms with Crippen LogP contribution in [-0.4, -0.2) is 30.8 Å². The highest BCUT2D eigenvalue weighted by Gasteiger charge is 2.22. The summed E-state index contributed by atoms with van der Waals surface area (Å²) in [6, 6.07) is 14.2. The minimum absolute atomic E-state index is 0.0970. The Labute approximate surface area is 158 Å². The predicted octanol–water partition coefficient (Wildman–Crippen LogP) is 2.49. The van der Waals surface area contributed by atoms with Crippen molar-refractivity contribution in [2.45, 2.75) is 26.3 Å². The van der Waals surface area contributed by atoms with E-state index in [-0.39, 0.29) is 17.7 Å². The number of benzene rings is 2. The first-order valence-electron chi connectivity index (χ1n) is 9.14. The average molecular weight is 365 g/mol. The Hall–Kier alpha value is -3.15. The Balaban J connectivity index is 1.61. The van der Waals surface area contributed by atoms with Crippen molar-refractivity contribution in [1.82, 2.24) is 10.6 Å². The van der Waals surface area contributed by atoms with Gasteiger partial charge in [-0.25, -0.2) is 0 Å². The van der Waals surface area contributed by atoms with Crippen LogP contribution >= 0.6 is 0 Å². The highest BCUT2D eigenvalue weighted by Crippen LogP contribution is 2.22. The molecule has 3 amide bonds. The first-order valence-corrected chi connectivity index (χ1v) is 9.14. The van der Waals surface area contributed by atoms with E-state index in [1.807, 2.05) is 25.1 Å². The van der Waals surface area contributed by atoms with Crippen LogP contribution in [0.5, 0.6) is 0 Å². The Bertz CT molecular complexity index is 846. The van der Waals surface area contributed by atoms with Gasteiger partial charge in [0.25, 0.3) is 11.8 Å².